The van der Waals surface area contributed by atoms with Crippen LogP contribution in [0.3, 0.4) is 0 Å². The molecule has 0 radical (unpaired) electrons. The van der Waals surface area contributed by atoms with E-state index < -0.39 is 0 Å². The molecule has 0 fully saturated rings. The summed E-state index contributed by atoms with van der Waals surface area (Å²) in [6.07, 6.45) is 2.71. The van der Waals surface area contributed by atoms with Crippen LogP contribution in [0.5, 0.6) is 11.5 Å². The summed E-state index contributed by atoms with van der Waals surface area (Å²) in [4.78, 5) is 14.1. The molecular formula is C24H22N4O3. The third-order valence-corrected chi connectivity index (χ3v) is 5.46. The van der Waals surface area contributed by atoms with E-state index in [0.29, 0.717) is 13.1 Å². The van der Waals surface area contributed by atoms with E-state index in [9.17, 15) is 4.79 Å². The predicted molar refractivity (Wildman–Crippen MR) is 118 cm³/mol. The van der Waals surface area contributed by atoms with Crippen molar-refractivity contribution in [2.45, 2.75) is 13.0 Å². The number of ether oxygens (including phenoxy) is 2. The van der Waals surface area contributed by atoms with Crippen molar-refractivity contribution in [1.29, 1.82) is 0 Å². The molecule has 7 heteroatoms. The quantitative estimate of drug-likeness (QED) is 0.478. The van der Waals surface area contributed by atoms with Crippen molar-refractivity contribution in [3.63, 3.8) is 0 Å². The Morgan fingerprint density at radius 3 is 2.77 bits per heavy atom. The fourth-order valence-electron chi connectivity index (χ4n) is 3.84. The van der Waals surface area contributed by atoms with Crippen molar-refractivity contribution in [2.24, 2.45) is 0 Å². The second-order valence-electron chi connectivity index (χ2n) is 7.45. The van der Waals surface area contributed by atoms with Crippen LogP contribution in [0.1, 0.15) is 6.42 Å². The highest BCUT2D eigenvalue weighted by molar-refractivity contribution is 5.97. The van der Waals surface area contributed by atoms with E-state index >= 15 is 0 Å². The van der Waals surface area contributed by atoms with Gasteiger partial charge in [0.05, 0.1) is 19.0 Å². The molecule has 0 atom stereocenters. The molecule has 7 nitrogen and oxygen atoms in total. The van der Waals surface area contributed by atoms with Crippen molar-refractivity contribution in [3.05, 3.63) is 66.9 Å². The van der Waals surface area contributed by atoms with E-state index in [0.717, 1.165) is 45.6 Å². The molecule has 4 aromatic rings. The molecule has 0 N–H and O–H groups in total. The highest BCUT2D eigenvalue weighted by Gasteiger charge is 2.24. The first-order valence-electron chi connectivity index (χ1n) is 10.2. The lowest BCUT2D eigenvalue weighted by Gasteiger charge is -2.29. The molecule has 156 valence electrons. The molecule has 0 spiro atoms. The SMILES string of the molecule is COc1ccc2cc(-c3cn(CCCN4C(=O)COc5ccccc54)nn3)ccc2c1. The van der Waals surface area contributed by atoms with E-state index in [-0.39, 0.29) is 12.5 Å². The largest absolute Gasteiger partial charge is 0.497 e. The number of methoxy groups -OCH3 is 1. The number of aryl methyl sites for hydroxylation is 1. The van der Waals surface area contributed by atoms with Crippen LogP contribution in [0.15, 0.2) is 66.9 Å². The van der Waals surface area contributed by atoms with E-state index in [1.807, 2.05) is 59.4 Å². The van der Waals surface area contributed by atoms with Gasteiger partial charge >= 0.3 is 0 Å². The minimum absolute atomic E-state index is 0.0224. The average molecular weight is 414 g/mol. The Morgan fingerprint density at radius 2 is 1.87 bits per heavy atom. The maximum Gasteiger partial charge on any atom is 0.265 e. The third-order valence-electron chi connectivity index (χ3n) is 5.46. The predicted octanol–water partition coefficient (Wildman–Crippen LogP) is 3.92. The monoisotopic (exact) mass is 414 g/mol. The third kappa shape index (κ3) is 3.82. The number of fused-ring (bicyclic) bond motifs is 2. The molecular weight excluding hydrogens is 392 g/mol. The van der Waals surface area contributed by atoms with Gasteiger partial charge in [-0.05, 0) is 47.5 Å². The topological polar surface area (TPSA) is 69.5 Å². The Kier molecular flexibility index (Phi) is 5.00. The van der Waals surface area contributed by atoms with Crippen LogP contribution >= 0.6 is 0 Å². The van der Waals surface area contributed by atoms with Crippen LogP contribution in [0.25, 0.3) is 22.0 Å². The van der Waals surface area contributed by atoms with Crippen molar-refractivity contribution >= 4 is 22.4 Å². The number of anilines is 1. The van der Waals surface area contributed by atoms with E-state index in [4.69, 9.17) is 9.47 Å². The second-order valence-corrected chi connectivity index (χ2v) is 7.45. The lowest BCUT2D eigenvalue weighted by molar-refractivity contribution is -0.121. The van der Waals surface area contributed by atoms with Crippen LogP contribution in [0.4, 0.5) is 5.69 Å². The van der Waals surface area contributed by atoms with Gasteiger partial charge in [-0.25, -0.2) is 0 Å². The van der Waals surface area contributed by atoms with Gasteiger partial charge in [-0.15, -0.1) is 5.10 Å². The van der Waals surface area contributed by atoms with E-state index in [2.05, 4.69) is 22.4 Å². The number of carbonyl (C=O) groups is 1. The smallest absolute Gasteiger partial charge is 0.265 e. The number of benzene rings is 3. The zero-order valence-corrected chi connectivity index (χ0v) is 17.2. The van der Waals surface area contributed by atoms with Gasteiger partial charge in [0.1, 0.15) is 17.2 Å². The Morgan fingerprint density at radius 1 is 1.03 bits per heavy atom. The zero-order chi connectivity index (χ0) is 21.2. The van der Waals surface area contributed by atoms with E-state index in [1.165, 1.54) is 0 Å². The maximum atomic E-state index is 12.3. The number of hydrogen-bond donors (Lipinski definition) is 0. The first-order chi connectivity index (χ1) is 15.2. The summed E-state index contributed by atoms with van der Waals surface area (Å²) in [5.74, 6) is 1.57. The molecule has 1 amide bonds. The number of hydrogen-bond acceptors (Lipinski definition) is 5. The molecule has 0 unspecified atom stereocenters. The highest BCUT2D eigenvalue weighted by Crippen LogP contribution is 2.31. The Labute approximate surface area is 179 Å². The molecule has 1 aromatic heterocycles. The number of nitrogens with zero attached hydrogens (tertiary/aromatic N) is 4. The number of carbonyl (C=O) groups excluding carboxylic acids is 1. The Balaban J connectivity index is 1.26. The molecule has 5 rings (SSSR count). The minimum atomic E-state index is -0.0224. The molecule has 31 heavy (non-hydrogen) atoms. The van der Waals surface area contributed by atoms with Gasteiger partial charge in [0.25, 0.3) is 5.91 Å². The van der Waals surface area contributed by atoms with Gasteiger partial charge in [0, 0.05) is 18.7 Å². The van der Waals surface area contributed by atoms with Crippen LogP contribution in [-0.2, 0) is 11.3 Å². The van der Waals surface area contributed by atoms with Gasteiger partial charge in [0.15, 0.2) is 6.61 Å². The van der Waals surface area contributed by atoms with Gasteiger partial charge in [-0.2, -0.15) is 0 Å². The molecule has 0 saturated heterocycles. The Bertz CT molecular complexity index is 1250. The molecule has 1 aliphatic rings. The second kappa shape index (κ2) is 8.10. The molecule has 3 aromatic carbocycles. The first-order valence-corrected chi connectivity index (χ1v) is 10.2. The number of para-hydroxylation sites is 2. The van der Waals surface area contributed by atoms with Gasteiger partial charge < -0.3 is 14.4 Å². The number of rotatable bonds is 6. The maximum absolute atomic E-state index is 12.3. The molecule has 0 bridgehead atoms. The summed E-state index contributed by atoms with van der Waals surface area (Å²) in [6, 6.07) is 19.8. The summed E-state index contributed by atoms with van der Waals surface area (Å²) >= 11 is 0. The molecule has 0 aliphatic carbocycles. The minimum Gasteiger partial charge on any atom is -0.497 e. The van der Waals surface area contributed by atoms with Crippen molar-refractivity contribution < 1.29 is 14.3 Å². The van der Waals surface area contributed by atoms with Crippen LogP contribution in [0, 0.1) is 0 Å². The lowest BCUT2D eigenvalue weighted by Crippen LogP contribution is -2.39. The lowest BCUT2D eigenvalue weighted by atomic mass is 10.1. The van der Waals surface area contributed by atoms with E-state index in [1.54, 1.807) is 12.0 Å². The highest BCUT2D eigenvalue weighted by atomic mass is 16.5. The summed E-state index contributed by atoms with van der Waals surface area (Å²) in [5.41, 5.74) is 2.66. The van der Waals surface area contributed by atoms with Gasteiger partial charge in [-0.1, -0.05) is 35.5 Å². The summed E-state index contributed by atoms with van der Waals surface area (Å²) in [5, 5.41) is 10.8. The number of aromatic nitrogens is 3. The standard InChI is InChI=1S/C24H22N4O3/c1-30-20-10-9-17-13-19(8-7-18(17)14-20)21-15-27(26-25-21)11-4-12-28-22-5-2-3-6-23(22)31-16-24(28)29/h2-3,5-10,13-15H,4,11-12,16H2,1H3. The van der Waals surface area contributed by atoms with Gasteiger partial charge in [0.2, 0.25) is 0 Å². The van der Waals surface area contributed by atoms with Crippen LogP contribution in [-0.4, -0.2) is 41.2 Å². The summed E-state index contributed by atoms with van der Waals surface area (Å²) in [7, 11) is 1.67. The van der Waals surface area contributed by atoms with Crippen molar-refractivity contribution in [3.8, 4) is 22.8 Å². The molecule has 2 heterocycles. The fourth-order valence-corrected chi connectivity index (χ4v) is 3.84. The summed E-state index contributed by atoms with van der Waals surface area (Å²) < 4.78 is 12.6. The van der Waals surface area contributed by atoms with Crippen LogP contribution in [0.2, 0.25) is 0 Å². The fraction of sp³-hybridized carbons (Fsp3) is 0.208. The average Bonchev–Trinajstić information content (AvgIpc) is 3.29. The zero-order valence-electron chi connectivity index (χ0n) is 17.2. The Hall–Kier alpha value is -3.87. The normalized spacial score (nSPS) is 13.2. The first kappa shape index (κ1) is 19.1. The van der Waals surface area contributed by atoms with Crippen molar-refractivity contribution in [1.82, 2.24) is 15.0 Å². The van der Waals surface area contributed by atoms with Crippen LogP contribution < -0.4 is 14.4 Å². The summed E-state index contributed by atoms with van der Waals surface area (Å²) in [6.45, 7) is 1.36. The van der Waals surface area contributed by atoms with Crippen molar-refractivity contribution in [2.75, 3.05) is 25.2 Å². The molecule has 0 saturated carbocycles. The molecule has 1 aliphatic heterocycles. The van der Waals surface area contributed by atoms with Gasteiger partial charge in [-0.3, -0.25) is 9.48 Å². The number of amides is 1.